The van der Waals surface area contributed by atoms with E-state index < -0.39 is 0 Å². The lowest BCUT2D eigenvalue weighted by Crippen LogP contribution is -2.40. The van der Waals surface area contributed by atoms with E-state index in [1.54, 1.807) is 18.5 Å². The molecule has 1 N–H and O–H groups in total. The van der Waals surface area contributed by atoms with Crippen LogP contribution in [0.2, 0.25) is 0 Å². The minimum absolute atomic E-state index is 0.0229. The number of carbonyl (C=O) groups is 1. The number of aromatic nitrogens is 2. The van der Waals surface area contributed by atoms with Crippen LogP contribution in [0.3, 0.4) is 0 Å². The second-order valence-corrected chi connectivity index (χ2v) is 7.46. The third-order valence-corrected chi connectivity index (χ3v) is 5.74. The van der Waals surface area contributed by atoms with E-state index in [-0.39, 0.29) is 17.6 Å². The highest BCUT2D eigenvalue weighted by Gasteiger charge is 2.26. The van der Waals surface area contributed by atoms with Crippen LogP contribution in [-0.2, 0) is 11.3 Å². The van der Waals surface area contributed by atoms with Gasteiger partial charge in [-0.2, -0.15) is 0 Å². The van der Waals surface area contributed by atoms with Crippen molar-refractivity contribution in [2.45, 2.75) is 19.4 Å². The van der Waals surface area contributed by atoms with Gasteiger partial charge in [0.25, 0.3) is 0 Å². The molecule has 1 amide bonds. The molecule has 7 heteroatoms. The van der Waals surface area contributed by atoms with Crippen molar-refractivity contribution in [2.75, 3.05) is 18.0 Å². The van der Waals surface area contributed by atoms with Gasteiger partial charge in [-0.15, -0.1) is 0 Å². The molecule has 0 radical (unpaired) electrons. The normalized spacial score (nSPS) is 15.3. The molecule has 4 rings (SSSR count). The zero-order valence-corrected chi connectivity index (χ0v) is 15.0. The summed E-state index contributed by atoms with van der Waals surface area (Å²) in [5, 5.41) is 3.90. The number of hydrogen-bond donors (Lipinski definition) is 1. The summed E-state index contributed by atoms with van der Waals surface area (Å²) >= 11 is 1.50. The van der Waals surface area contributed by atoms with E-state index in [2.05, 4.69) is 20.2 Å². The van der Waals surface area contributed by atoms with Crippen molar-refractivity contribution in [1.82, 2.24) is 15.3 Å². The van der Waals surface area contributed by atoms with Gasteiger partial charge in [-0.1, -0.05) is 17.4 Å². The fourth-order valence-electron chi connectivity index (χ4n) is 3.19. The number of pyridine rings is 1. The summed E-state index contributed by atoms with van der Waals surface area (Å²) in [5.41, 5.74) is 1.82. The third-order valence-electron chi connectivity index (χ3n) is 4.66. The van der Waals surface area contributed by atoms with Gasteiger partial charge in [0, 0.05) is 37.9 Å². The van der Waals surface area contributed by atoms with Crippen LogP contribution in [0.4, 0.5) is 9.52 Å². The van der Waals surface area contributed by atoms with Crippen molar-refractivity contribution in [2.24, 2.45) is 5.92 Å². The van der Waals surface area contributed by atoms with Crippen LogP contribution in [0.25, 0.3) is 10.2 Å². The van der Waals surface area contributed by atoms with Gasteiger partial charge < -0.3 is 10.2 Å². The number of nitrogens with one attached hydrogen (secondary N) is 1. The summed E-state index contributed by atoms with van der Waals surface area (Å²) in [6.45, 7) is 2.08. The Morgan fingerprint density at radius 3 is 2.92 bits per heavy atom. The predicted octanol–water partition coefficient (Wildman–Crippen LogP) is 3.36. The van der Waals surface area contributed by atoms with Gasteiger partial charge in [0.1, 0.15) is 5.82 Å². The fraction of sp³-hybridized carbons (Fsp3) is 0.316. The van der Waals surface area contributed by atoms with Gasteiger partial charge >= 0.3 is 0 Å². The molecule has 1 aliphatic rings. The number of halogens is 1. The minimum atomic E-state index is -0.239. The first-order chi connectivity index (χ1) is 12.7. The zero-order valence-electron chi connectivity index (χ0n) is 14.2. The van der Waals surface area contributed by atoms with Crippen LogP contribution in [-0.4, -0.2) is 29.0 Å². The number of thiazole rings is 1. The van der Waals surface area contributed by atoms with E-state index in [0.29, 0.717) is 6.54 Å². The molecule has 3 heterocycles. The van der Waals surface area contributed by atoms with Gasteiger partial charge in [0.2, 0.25) is 5.91 Å². The highest BCUT2D eigenvalue weighted by molar-refractivity contribution is 7.22. The van der Waals surface area contributed by atoms with Crippen LogP contribution >= 0.6 is 11.3 Å². The van der Waals surface area contributed by atoms with Crippen LogP contribution in [0.15, 0.2) is 42.7 Å². The van der Waals surface area contributed by atoms with Crippen molar-refractivity contribution in [3.8, 4) is 0 Å². The molecule has 0 saturated carbocycles. The van der Waals surface area contributed by atoms with Crippen molar-refractivity contribution in [3.63, 3.8) is 0 Å². The molecule has 0 unspecified atom stereocenters. The number of benzene rings is 1. The summed E-state index contributed by atoms with van der Waals surface area (Å²) in [5.74, 6) is -0.119. The molecule has 0 aliphatic carbocycles. The smallest absolute Gasteiger partial charge is 0.223 e. The van der Waals surface area contributed by atoms with E-state index in [1.165, 1.54) is 23.5 Å². The van der Waals surface area contributed by atoms with E-state index >= 15 is 0 Å². The molecule has 5 nitrogen and oxygen atoms in total. The Morgan fingerprint density at radius 1 is 1.31 bits per heavy atom. The summed E-state index contributed by atoms with van der Waals surface area (Å²) in [4.78, 5) is 23.2. The molecule has 2 aromatic heterocycles. The molecule has 0 spiro atoms. The van der Waals surface area contributed by atoms with E-state index in [4.69, 9.17) is 0 Å². The van der Waals surface area contributed by atoms with E-state index in [0.717, 1.165) is 46.8 Å². The summed E-state index contributed by atoms with van der Waals surface area (Å²) < 4.78 is 14.2. The van der Waals surface area contributed by atoms with Crippen LogP contribution < -0.4 is 10.2 Å². The average molecular weight is 370 g/mol. The highest BCUT2D eigenvalue weighted by Crippen LogP contribution is 2.31. The number of anilines is 1. The molecule has 0 bridgehead atoms. The van der Waals surface area contributed by atoms with Gasteiger partial charge in [-0.05, 0) is 42.7 Å². The number of amides is 1. The summed E-state index contributed by atoms with van der Waals surface area (Å²) in [6.07, 6.45) is 5.07. The van der Waals surface area contributed by atoms with Crippen LogP contribution in [0.1, 0.15) is 18.4 Å². The Labute approximate surface area is 154 Å². The molecule has 3 aromatic rings. The Bertz CT molecular complexity index is 906. The van der Waals surface area contributed by atoms with Crippen LogP contribution in [0.5, 0.6) is 0 Å². The maximum Gasteiger partial charge on any atom is 0.223 e. The number of nitrogens with zero attached hydrogens (tertiary/aromatic N) is 3. The second-order valence-electron chi connectivity index (χ2n) is 6.45. The van der Waals surface area contributed by atoms with Crippen molar-refractivity contribution in [1.29, 1.82) is 0 Å². The number of piperidine rings is 1. The Balaban J connectivity index is 1.33. The quantitative estimate of drug-likeness (QED) is 0.765. The number of carbonyl (C=O) groups excluding carboxylic acids is 1. The standard InChI is InChI=1S/C19H19FN4OS/c20-15-3-4-16-17(10-15)26-19(23-16)24-8-5-14(6-9-24)18(25)22-12-13-2-1-7-21-11-13/h1-4,7,10-11,14H,5-6,8-9,12H2,(H,22,25). The van der Waals surface area contributed by atoms with E-state index in [9.17, 15) is 9.18 Å². The first-order valence-electron chi connectivity index (χ1n) is 8.67. The first-order valence-corrected chi connectivity index (χ1v) is 9.48. The molecule has 0 atom stereocenters. The van der Waals surface area contributed by atoms with E-state index in [1.807, 2.05) is 12.1 Å². The number of fused-ring (bicyclic) bond motifs is 1. The Kier molecular flexibility index (Phi) is 4.79. The van der Waals surface area contributed by atoms with Gasteiger partial charge in [0.15, 0.2) is 5.13 Å². The zero-order chi connectivity index (χ0) is 17.9. The summed E-state index contributed by atoms with van der Waals surface area (Å²) in [6, 6.07) is 8.48. The molecule has 26 heavy (non-hydrogen) atoms. The van der Waals surface area contributed by atoms with Gasteiger partial charge in [0.05, 0.1) is 10.2 Å². The monoisotopic (exact) mass is 370 g/mol. The maximum absolute atomic E-state index is 13.3. The molecule has 1 fully saturated rings. The lowest BCUT2D eigenvalue weighted by Gasteiger charge is -2.31. The lowest BCUT2D eigenvalue weighted by molar-refractivity contribution is -0.125. The summed E-state index contributed by atoms with van der Waals surface area (Å²) in [7, 11) is 0. The molecule has 1 saturated heterocycles. The molecular formula is C19H19FN4OS. The van der Waals surface area contributed by atoms with Crippen LogP contribution in [0, 0.1) is 11.7 Å². The minimum Gasteiger partial charge on any atom is -0.352 e. The van der Waals surface area contributed by atoms with Gasteiger partial charge in [-0.25, -0.2) is 9.37 Å². The Hall–Kier alpha value is -2.54. The fourth-order valence-corrected chi connectivity index (χ4v) is 4.23. The number of hydrogen-bond acceptors (Lipinski definition) is 5. The first kappa shape index (κ1) is 16.9. The third kappa shape index (κ3) is 3.67. The molecular weight excluding hydrogens is 351 g/mol. The highest BCUT2D eigenvalue weighted by atomic mass is 32.1. The second kappa shape index (κ2) is 7.37. The van der Waals surface area contributed by atoms with Gasteiger partial charge in [-0.3, -0.25) is 9.78 Å². The lowest BCUT2D eigenvalue weighted by atomic mass is 9.96. The molecule has 1 aromatic carbocycles. The number of rotatable bonds is 4. The van der Waals surface area contributed by atoms with Crippen molar-refractivity contribution >= 4 is 32.6 Å². The predicted molar refractivity (Wildman–Crippen MR) is 101 cm³/mol. The van der Waals surface area contributed by atoms with Crippen molar-refractivity contribution < 1.29 is 9.18 Å². The topological polar surface area (TPSA) is 58.1 Å². The maximum atomic E-state index is 13.3. The molecule has 134 valence electrons. The SMILES string of the molecule is O=C(NCc1cccnc1)C1CCN(c2nc3ccc(F)cc3s2)CC1. The largest absolute Gasteiger partial charge is 0.352 e. The Morgan fingerprint density at radius 2 is 2.15 bits per heavy atom. The van der Waals surface area contributed by atoms with Crippen molar-refractivity contribution in [3.05, 3.63) is 54.1 Å². The average Bonchev–Trinajstić information content (AvgIpc) is 3.10. The molecule has 1 aliphatic heterocycles.